The van der Waals surface area contributed by atoms with Crippen LogP contribution in [-0.4, -0.2) is 18.0 Å². The molecule has 0 saturated heterocycles. The number of halogens is 5. The van der Waals surface area contributed by atoms with Crippen LogP contribution in [0.25, 0.3) is 0 Å². The number of amides is 1. The van der Waals surface area contributed by atoms with E-state index in [1.165, 1.54) is 12.1 Å². The summed E-state index contributed by atoms with van der Waals surface area (Å²) in [6.07, 6.45) is -5.71. The molecule has 1 amide bonds. The van der Waals surface area contributed by atoms with Crippen LogP contribution in [0.1, 0.15) is 5.56 Å². The van der Waals surface area contributed by atoms with Crippen molar-refractivity contribution in [2.45, 2.75) is 18.3 Å². The number of alkyl halides is 5. The fourth-order valence-electron chi connectivity index (χ4n) is 4.13. The maximum absolute atomic E-state index is 13.7. The van der Waals surface area contributed by atoms with Crippen molar-refractivity contribution < 1.29 is 26.7 Å². The van der Waals surface area contributed by atoms with E-state index >= 15 is 0 Å². The summed E-state index contributed by atoms with van der Waals surface area (Å²) in [5.74, 6) is -7.93. The summed E-state index contributed by atoms with van der Waals surface area (Å²) in [4.78, 5) is 12.0. The fraction of sp³-hybridized carbons (Fsp3) is 0.107. The van der Waals surface area contributed by atoms with Crippen molar-refractivity contribution in [2.24, 2.45) is 0 Å². The summed E-state index contributed by atoms with van der Waals surface area (Å²) in [5, 5.41) is 4.85. The van der Waals surface area contributed by atoms with Gasteiger partial charge in [0.25, 0.3) is 0 Å². The van der Waals surface area contributed by atoms with Crippen LogP contribution in [-0.2, 0) is 11.0 Å². The summed E-state index contributed by atoms with van der Waals surface area (Å²) in [6, 6.07) is 35.2. The Kier molecular flexibility index (Phi) is 7.23. The lowest BCUT2D eigenvalue weighted by Gasteiger charge is -2.28. The number of anilines is 1. The van der Waals surface area contributed by atoms with E-state index in [9.17, 15) is 26.7 Å². The maximum Gasteiger partial charge on any atom is 0.463 e. The molecule has 0 heterocycles. The molecule has 1 N–H and O–H groups in total. The third-order valence-corrected chi connectivity index (χ3v) is 10.3. The van der Waals surface area contributed by atoms with Gasteiger partial charge < -0.3 is 5.32 Å². The van der Waals surface area contributed by atoms with E-state index < -0.39 is 25.3 Å². The molecule has 0 radical (unpaired) electrons. The lowest BCUT2D eigenvalue weighted by Crippen LogP contribution is -2.47. The van der Waals surface area contributed by atoms with Crippen LogP contribution in [0.2, 0.25) is 0 Å². The number of hydrogen-bond acceptors (Lipinski definition) is 1. The van der Waals surface area contributed by atoms with Gasteiger partial charge in [0.05, 0.1) is 0 Å². The molecule has 0 spiro atoms. The number of benzene rings is 4. The van der Waals surface area contributed by atoms with Crippen LogP contribution in [0, 0.1) is 0 Å². The van der Waals surface area contributed by atoms with Gasteiger partial charge in [-0.05, 0) is 42.5 Å². The summed E-state index contributed by atoms with van der Waals surface area (Å²) in [5.41, 5.74) is 0.368. The summed E-state index contributed by atoms with van der Waals surface area (Å²) < 4.78 is 65.9. The summed E-state index contributed by atoms with van der Waals surface area (Å²) in [7, 11) is -2.48. The monoisotopic (exact) mass is 514 g/mol. The molecular weight excluding hydrogens is 492 g/mol. The second-order valence-electron chi connectivity index (χ2n) is 8.16. The molecule has 4 aromatic carbocycles. The lowest BCUT2D eigenvalue weighted by atomic mass is 10.2. The molecular formula is C28H22F5NOP+. The Labute approximate surface area is 206 Å². The quantitative estimate of drug-likeness (QED) is 0.227. The second-order valence-corrected chi connectivity index (χ2v) is 11.6. The van der Waals surface area contributed by atoms with Crippen molar-refractivity contribution in [3.05, 3.63) is 121 Å². The molecule has 4 rings (SSSR count). The third-order valence-electron chi connectivity index (χ3n) is 5.91. The number of carbonyl (C=O) groups excluding carboxylic acids is 1. The Hall–Kier alpha value is -3.57. The number of nitrogens with one attached hydrogen (secondary N) is 1. The number of carbonyl (C=O) groups is 1. The minimum absolute atomic E-state index is 0.0846. The van der Waals surface area contributed by atoms with Gasteiger partial charge in [0.15, 0.2) is 0 Å². The molecule has 4 aromatic rings. The van der Waals surface area contributed by atoms with Crippen LogP contribution < -0.4 is 21.2 Å². The van der Waals surface area contributed by atoms with Gasteiger partial charge in [-0.25, -0.2) is 0 Å². The second kappa shape index (κ2) is 10.2. The highest BCUT2D eigenvalue weighted by Gasteiger charge is 2.63. The van der Waals surface area contributed by atoms with E-state index in [-0.39, 0.29) is 5.69 Å². The SMILES string of the molecule is O=C(Nc1ccccc1C[P+](c1ccccc1)(c1ccccc1)c1ccccc1)C(F)(F)C(F)(F)F. The Bertz CT molecular complexity index is 1220. The zero-order chi connectivity index (χ0) is 25.8. The Morgan fingerprint density at radius 3 is 1.42 bits per heavy atom. The molecule has 2 nitrogen and oxygen atoms in total. The minimum atomic E-state index is -6.00. The average molecular weight is 514 g/mol. The first-order chi connectivity index (χ1) is 17.2. The highest BCUT2D eigenvalue weighted by Crippen LogP contribution is 2.58. The Morgan fingerprint density at radius 1 is 0.611 bits per heavy atom. The van der Waals surface area contributed by atoms with Gasteiger partial charge in [-0.2, -0.15) is 22.0 Å². The van der Waals surface area contributed by atoms with E-state index in [0.29, 0.717) is 11.7 Å². The summed E-state index contributed by atoms with van der Waals surface area (Å²) >= 11 is 0. The third kappa shape index (κ3) is 4.89. The van der Waals surface area contributed by atoms with Crippen molar-refractivity contribution in [1.29, 1.82) is 0 Å². The zero-order valence-corrected chi connectivity index (χ0v) is 19.8. The van der Waals surface area contributed by atoms with Crippen molar-refractivity contribution in [3.63, 3.8) is 0 Å². The topological polar surface area (TPSA) is 29.1 Å². The van der Waals surface area contributed by atoms with Crippen molar-refractivity contribution in [2.75, 3.05) is 5.32 Å². The number of rotatable bonds is 7. The molecule has 184 valence electrons. The molecule has 0 fully saturated rings. The molecule has 0 aliphatic heterocycles. The van der Waals surface area contributed by atoms with Gasteiger partial charge in [-0.15, -0.1) is 0 Å². The molecule has 0 atom stereocenters. The van der Waals surface area contributed by atoms with Gasteiger partial charge >= 0.3 is 18.0 Å². The first-order valence-electron chi connectivity index (χ1n) is 11.0. The van der Waals surface area contributed by atoms with Crippen LogP contribution in [0.15, 0.2) is 115 Å². The van der Waals surface area contributed by atoms with Crippen LogP contribution in [0.5, 0.6) is 0 Å². The van der Waals surface area contributed by atoms with Crippen LogP contribution in [0.4, 0.5) is 27.6 Å². The Morgan fingerprint density at radius 2 is 1.00 bits per heavy atom. The number of hydrogen-bond donors (Lipinski definition) is 1. The van der Waals surface area contributed by atoms with Crippen LogP contribution >= 0.6 is 7.26 Å². The predicted octanol–water partition coefficient (Wildman–Crippen LogP) is 6.32. The van der Waals surface area contributed by atoms with Crippen molar-refractivity contribution in [3.8, 4) is 0 Å². The molecule has 0 unspecified atom stereocenters. The average Bonchev–Trinajstić information content (AvgIpc) is 2.89. The number of para-hydroxylation sites is 1. The van der Waals surface area contributed by atoms with E-state index in [2.05, 4.69) is 0 Å². The van der Waals surface area contributed by atoms with Crippen LogP contribution in [0.3, 0.4) is 0 Å². The summed E-state index contributed by atoms with van der Waals surface area (Å²) in [6.45, 7) is 0. The van der Waals surface area contributed by atoms with E-state index in [4.69, 9.17) is 0 Å². The predicted molar refractivity (Wildman–Crippen MR) is 135 cm³/mol. The molecule has 0 aromatic heterocycles. The smallest absolute Gasteiger partial charge is 0.320 e. The maximum atomic E-state index is 13.7. The van der Waals surface area contributed by atoms with Gasteiger partial charge in [0, 0.05) is 11.3 Å². The minimum Gasteiger partial charge on any atom is -0.320 e. The standard InChI is InChI=1S/C28H21F5NOP/c29-27(30,28(31,32)33)26(35)34-25-19-11-10-12-21(25)20-36(22-13-4-1-5-14-22,23-15-6-2-7-16-23)24-17-8-3-9-18-24/h1-19H,20H2/p+1. The van der Waals surface area contributed by atoms with Gasteiger partial charge in [0.1, 0.15) is 29.3 Å². The molecule has 0 saturated carbocycles. The van der Waals surface area contributed by atoms with Gasteiger partial charge in [-0.1, -0.05) is 72.8 Å². The van der Waals surface area contributed by atoms with Gasteiger partial charge in [-0.3, -0.25) is 4.79 Å². The normalized spacial score (nSPS) is 12.2. The van der Waals surface area contributed by atoms with Crippen molar-refractivity contribution >= 4 is 34.8 Å². The van der Waals surface area contributed by atoms with E-state index in [1.54, 1.807) is 12.1 Å². The zero-order valence-electron chi connectivity index (χ0n) is 18.9. The fourth-order valence-corrected chi connectivity index (χ4v) is 8.41. The molecule has 0 aliphatic carbocycles. The lowest BCUT2D eigenvalue weighted by molar-refractivity contribution is -0.267. The van der Waals surface area contributed by atoms with E-state index in [0.717, 1.165) is 15.9 Å². The molecule has 0 aliphatic rings. The first-order valence-corrected chi connectivity index (χ1v) is 13.0. The Balaban J connectivity index is 1.88. The first kappa shape index (κ1) is 25.5. The molecule has 36 heavy (non-hydrogen) atoms. The van der Waals surface area contributed by atoms with E-state index in [1.807, 2.05) is 96.3 Å². The highest BCUT2D eigenvalue weighted by atomic mass is 31.2. The molecule has 8 heteroatoms. The largest absolute Gasteiger partial charge is 0.463 e. The molecule has 0 bridgehead atoms. The highest BCUT2D eigenvalue weighted by molar-refractivity contribution is 7.95. The van der Waals surface area contributed by atoms with Crippen molar-refractivity contribution in [1.82, 2.24) is 0 Å². The van der Waals surface area contributed by atoms with Gasteiger partial charge in [0.2, 0.25) is 0 Å².